The molecule has 0 aliphatic carbocycles. The lowest BCUT2D eigenvalue weighted by Gasteiger charge is -2.19. The first-order valence-electron chi connectivity index (χ1n) is 6.46. The zero-order valence-corrected chi connectivity index (χ0v) is 13.0. The van der Waals surface area contributed by atoms with Gasteiger partial charge in [-0.05, 0) is 30.5 Å². The van der Waals surface area contributed by atoms with E-state index in [4.69, 9.17) is 0 Å². The summed E-state index contributed by atoms with van der Waals surface area (Å²) in [5.74, 6) is 0.143. The molecule has 0 fully saturated rings. The molecule has 0 unspecified atom stereocenters. The Morgan fingerprint density at radius 1 is 1.16 bits per heavy atom. The second-order valence-corrected chi connectivity index (χ2v) is 7.76. The number of hydrogen-bond acceptors (Lipinski definition) is 3. The number of nitrogens with one attached hydrogen (secondary N) is 2. The van der Waals surface area contributed by atoms with E-state index >= 15 is 0 Å². The van der Waals surface area contributed by atoms with Crippen molar-refractivity contribution in [1.82, 2.24) is 5.32 Å². The fraction of sp³-hybridized carbons (Fsp3) is 0.571. The van der Waals surface area contributed by atoms with E-state index in [1.165, 1.54) is 0 Å². The highest BCUT2D eigenvalue weighted by Crippen LogP contribution is 2.21. The van der Waals surface area contributed by atoms with E-state index in [1.807, 2.05) is 46.0 Å². The average molecular weight is 284 g/mol. The van der Waals surface area contributed by atoms with Crippen LogP contribution in [0.5, 0.6) is 0 Å². The van der Waals surface area contributed by atoms with Crippen molar-refractivity contribution in [3.05, 3.63) is 29.8 Å². The van der Waals surface area contributed by atoms with E-state index in [2.05, 4.69) is 10.0 Å². The molecule has 2 N–H and O–H groups in total. The fourth-order valence-electron chi connectivity index (χ4n) is 1.62. The smallest absolute Gasteiger partial charge is 0.232 e. The number of benzene rings is 1. The van der Waals surface area contributed by atoms with Gasteiger partial charge in [-0.3, -0.25) is 4.72 Å². The van der Waals surface area contributed by atoms with Crippen LogP contribution in [0.25, 0.3) is 0 Å². The van der Waals surface area contributed by atoms with Crippen LogP contribution in [-0.2, 0) is 16.6 Å². The van der Waals surface area contributed by atoms with Crippen LogP contribution in [0.15, 0.2) is 24.3 Å². The summed E-state index contributed by atoms with van der Waals surface area (Å²) in [7, 11) is -1.45. The lowest BCUT2D eigenvalue weighted by atomic mass is 9.94. The third kappa shape index (κ3) is 6.07. The molecule has 0 saturated heterocycles. The van der Waals surface area contributed by atoms with Crippen molar-refractivity contribution in [3.8, 4) is 0 Å². The molecule has 0 radical (unpaired) electrons. The molecule has 108 valence electrons. The van der Waals surface area contributed by atoms with Crippen molar-refractivity contribution in [1.29, 1.82) is 0 Å². The Labute approximate surface area is 116 Å². The Morgan fingerprint density at radius 3 is 2.37 bits per heavy atom. The summed E-state index contributed by atoms with van der Waals surface area (Å²) in [6.07, 6.45) is 0.635. The van der Waals surface area contributed by atoms with Crippen molar-refractivity contribution >= 4 is 15.7 Å². The van der Waals surface area contributed by atoms with Gasteiger partial charge in [0.15, 0.2) is 0 Å². The molecular weight excluding hydrogens is 260 g/mol. The van der Waals surface area contributed by atoms with Gasteiger partial charge in [-0.1, -0.05) is 39.0 Å². The van der Waals surface area contributed by atoms with Crippen LogP contribution in [0, 0.1) is 5.41 Å². The second-order valence-electron chi connectivity index (χ2n) is 5.92. The highest BCUT2D eigenvalue weighted by molar-refractivity contribution is 7.92. The van der Waals surface area contributed by atoms with Crippen LogP contribution in [0.1, 0.15) is 32.8 Å². The van der Waals surface area contributed by atoms with Gasteiger partial charge in [0.2, 0.25) is 10.0 Å². The Morgan fingerprint density at radius 2 is 1.79 bits per heavy atom. The van der Waals surface area contributed by atoms with Gasteiger partial charge in [-0.25, -0.2) is 8.42 Å². The minimum absolute atomic E-state index is 0.0131. The number of sulfonamides is 1. The minimum atomic E-state index is -3.29. The second kappa shape index (κ2) is 6.39. The molecule has 0 aromatic heterocycles. The van der Waals surface area contributed by atoms with Crippen molar-refractivity contribution in [2.24, 2.45) is 5.41 Å². The molecule has 0 saturated carbocycles. The van der Waals surface area contributed by atoms with Crippen LogP contribution in [-0.4, -0.2) is 21.2 Å². The van der Waals surface area contributed by atoms with Crippen LogP contribution in [0.3, 0.4) is 0 Å². The zero-order valence-electron chi connectivity index (χ0n) is 12.2. The largest absolute Gasteiger partial charge is 0.316 e. The van der Waals surface area contributed by atoms with Crippen LogP contribution < -0.4 is 10.0 Å². The summed E-state index contributed by atoms with van der Waals surface area (Å²) in [6.45, 7) is 6.75. The molecule has 4 nitrogen and oxygen atoms in total. The summed E-state index contributed by atoms with van der Waals surface area (Å²) in [5, 5.41) is 3.03. The fourth-order valence-corrected chi connectivity index (χ4v) is 3.14. The SMILES string of the molecule is CNCc1ccccc1NS(=O)(=O)CCC(C)(C)C. The Kier molecular flexibility index (Phi) is 5.38. The molecule has 1 aromatic carbocycles. The molecule has 0 atom stereocenters. The quantitative estimate of drug-likeness (QED) is 0.844. The molecule has 0 heterocycles. The lowest BCUT2D eigenvalue weighted by Crippen LogP contribution is -2.22. The Bertz CT molecular complexity index is 504. The number of hydrogen-bond donors (Lipinski definition) is 2. The van der Waals surface area contributed by atoms with E-state index in [1.54, 1.807) is 6.07 Å². The maximum absolute atomic E-state index is 12.1. The highest BCUT2D eigenvalue weighted by Gasteiger charge is 2.18. The van der Waals surface area contributed by atoms with Crippen molar-refractivity contribution in [2.75, 3.05) is 17.5 Å². The molecule has 0 aliphatic heterocycles. The maximum atomic E-state index is 12.1. The minimum Gasteiger partial charge on any atom is -0.316 e. The van der Waals surface area contributed by atoms with Gasteiger partial charge in [0.05, 0.1) is 11.4 Å². The molecule has 1 rings (SSSR count). The summed E-state index contributed by atoms with van der Waals surface area (Å²) < 4.78 is 26.8. The third-order valence-corrected chi connectivity index (χ3v) is 4.04. The third-order valence-electron chi connectivity index (χ3n) is 2.77. The molecule has 0 amide bonds. The number of para-hydroxylation sites is 1. The maximum Gasteiger partial charge on any atom is 0.232 e. The van der Waals surface area contributed by atoms with Crippen molar-refractivity contribution in [3.63, 3.8) is 0 Å². The number of rotatable bonds is 6. The van der Waals surface area contributed by atoms with E-state index < -0.39 is 10.0 Å². The molecule has 0 spiro atoms. The van der Waals surface area contributed by atoms with Crippen LogP contribution >= 0.6 is 0 Å². The van der Waals surface area contributed by atoms with Crippen molar-refractivity contribution < 1.29 is 8.42 Å². The standard InChI is InChI=1S/C14H24N2O2S/c1-14(2,3)9-10-19(17,18)16-13-8-6-5-7-12(13)11-15-4/h5-8,15-16H,9-11H2,1-4H3. The van der Waals surface area contributed by atoms with Gasteiger partial charge in [0.1, 0.15) is 0 Å². The summed E-state index contributed by atoms with van der Waals surface area (Å²) >= 11 is 0. The van der Waals surface area contributed by atoms with Gasteiger partial charge in [-0.15, -0.1) is 0 Å². The normalized spacial score (nSPS) is 12.4. The molecule has 1 aromatic rings. The monoisotopic (exact) mass is 284 g/mol. The van der Waals surface area contributed by atoms with Gasteiger partial charge in [-0.2, -0.15) is 0 Å². The van der Waals surface area contributed by atoms with Crippen LogP contribution in [0.2, 0.25) is 0 Å². The molecule has 0 aliphatic rings. The van der Waals surface area contributed by atoms with E-state index in [0.717, 1.165) is 5.56 Å². The molecule has 0 bridgehead atoms. The van der Waals surface area contributed by atoms with Gasteiger partial charge in [0.25, 0.3) is 0 Å². The van der Waals surface area contributed by atoms with E-state index in [0.29, 0.717) is 18.7 Å². The van der Waals surface area contributed by atoms with Gasteiger partial charge < -0.3 is 5.32 Å². The molecular formula is C14H24N2O2S. The van der Waals surface area contributed by atoms with Gasteiger partial charge in [0, 0.05) is 6.54 Å². The van der Waals surface area contributed by atoms with Gasteiger partial charge >= 0.3 is 0 Å². The predicted octanol–water partition coefficient (Wildman–Crippen LogP) is 2.58. The Hall–Kier alpha value is -1.07. The topological polar surface area (TPSA) is 58.2 Å². The van der Waals surface area contributed by atoms with E-state index in [9.17, 15) is 8.42 Å². The van der Waals surface area contributed by atoms with Crippen molar-refractivity contribution in [2.45, 2.75) is 33.7 Å². The summed E-state index contributed by atoms with van der Waals surface area (Å²) in [4.78, 5) is 0. The first-order chi connectivity index (χ1) is 8.73. The average Bonchev–Trinajstić information content (AvgIpc) is 2.29. The highest BCUT2D eigenvalue weighted by atomic mass is 32.2. The molecule has 19 heavy (non-hydrogen) atoms. The van der Waals surface area contributed by atoms with E-state index in [-0.39, 0.29) is 11.2 Å². The zero-order chi connectivity index (χ0) is 14.5. The summed E-state index contributed by atoms with van der Waals surface area (Å²) in [5.41, 5.74) is 1.62. The first kappa shape index (κ1) is 16.0. The molecule has 5 heteroatoms. The first-order valence-corrected chi connectivity index (χ1v) is 8.12. The number of anilines is 1. The Balaban J connectivity index is 2.78. The lowest BCUT2D eigenvalue weighted by molar-refractivity contribution is 0.397. The van der Waals surface area contributed by atoms with Crippen LogP contribution in [0.4, 0.5) is 5.69 Å². The predicted molar refractivity (Wildman–Crippen MR) is 80.7 cm³/mol. The summed E-state index contributed by atoms with van der Waals surface area (Å²) in [6, 6.07) is 7.44.